The zero-order valence-electron chi connectivity index (χ0n) is 10.7. The summed E-state index contributed by atoms with van der Waals surface area (Å²) in [6.07, 6.45) is 0.362. The van der Waals surface area contributed by atoms with Crippen molar-refractivity contribution in [3.63, 3.8) is 0 Å². The van der Waals surface area contributed by atoms with Crippen molar-refractivity contribution in [1.29, 1.82) is 0 Å². The first-order chi connectivity index (χ1) is 7.71. The SMILES string of the molecule is CC1(C)CC(C(O)c2ccc(Cl)s2)C(C)(C)O1. The number of ether oxygens (including phenoxy) is 1. The zero-order valence-corrected chi connectivity index (χ0v) is 12.2. The molecule has 0 radical (unpaired) electrons. The van der Waals surface area contributed by atoms with Crippen molar-refractivity contribution in [2.45, 2.75) is 51.4 Å². The summed E-state index contributed by atoms with van der Waals surface area (Å²) in [5.41, 5.74) is -0.477. The molecule has 2 rings (SSSR count). The lowest BCUT2D eigenvalue weighted by Crippen LogP contribution is -2.32. The summed E-state index contributed by atoms with van der Waals surface area (Å²) in [6.45, 7) is 8.24. The van der Waals surface area contributed by atoms with Crippen molar-refractivity contribution < 1.29 is 9.84 Å². The number of aliphatic hydroxyl groups excluding tert-OH is 1. The molecule has 1 aliphatic rings. The molecule has 2 atom stereocenters. The lowest BCUT2D eigenvalue weighted by atomic mass is 9.82. The topological polar surface area (TPSA) is 29.5 Å². The number of thiophene rings is 1. The number of aliphatic hydroxyl groups is 1. The fourth-order valence-corrected chi connectivity index (χ4v) is 3.89. The minimum atomic E-state index is -0.496. The van der Waals surface area contributed by atoms with Crippen LogP contribution in [0.1, 0.15) is 45.1 Å². The number of hydrogen-bond acceptors (Lipinski definition) is 3. The van der Waals surface area contributed by atoms with Crippen LogP contribution >= 0.6 is 22.9 Å². The van der Waals surface area contributed by atoms with Crippen molar-refractivity contribution in [3.8, 4) is 0 Å². The van der Waals surface area contributed by atoms with E-state index in [-0.39, 0.29) is 17.1 Å². The lowest BCUT2D eigenvalue weighted by Gasteiger charge is -2.29. The molecule has 1 saturated heterocycles. The molecule has 4 heteroatoms. The monoisotopic (exact) mass is 274 g/mol. The second kappa shape index (κ2) is 4.23. The Morgan fingerprint density at radius 1 is 1.41 bits per heavy atom. The Balaban J connectivity index is 2.23. The van der Waals surface area contributed by atoms with Gasteiger partial charge in [-0.15, -0.1) is 11.3 Å². The fourth-order valence-electron chi connectivity index (χ4n) is 2.78. The summed E-state index contributed by atoms with van der Waals surface area (Å²) in [5.74, 6) is 0.104. The molecule has 1 N–H and O–H groups in total. The Labute approximate surface area is 112 Å². The van der Waals surface area contributed by atoms with Crippen LogP contribution in [0.3, 0.4) is 0 Å². The molecule has 2 heterocycles. The molecule has 1 aliphatic heterocycles. The van der Waals surface area contributed by atoms with Gasteiger partial charge in [0.15, 0.2) is 0 Å². The van der Waals surface area contributed by atoms with Crippen molar-refractivity contribution in [2.75, 3.05) is 0 Å². The van der Waals surface area contributed by atoms with Gasteiger partial charge in [-0.25, -0.2) is 0 Å². The van der Waals surface area contributed by atoms with Crippen molar-refractivity contribution in [3.05, 3.63) is 21.3 Å². The van der Waals surface area contributed by atoms with Crippen molar-refractivity contribution in [1.82, 2.24) is 0 Å². The smallest absolute Gasteiger partial charge is 0.0938 e. The number of halogens is 1. The average molecular weight is 275 g/mol. The van der Waals surface area contributed by atoms with E-state index in [0.717, 1.165) is 15.6 Å². The molecule has 0 bridgehead atoms. The highest BCUT2D eigenvalue weighted by Gasteiger charge is 2.49. The first-order valence-electron chi connectivity index (χ1n) is 5.85. The fraction of sp³-hybridized carbons (Fsp3) is 0.692. The molecule has 0 spiro atoms. The first-order valence-corrected chi connectivity index (χ1v) is 7.04. The van der Waals surface area contributed by atoms with Crippen molar-refractivity contribution in [2.24, 2.45) is 5.92 Å². The molecule has 0 aromatic carbocycles. The zero-order chi connectivity index (χ0) is 12.8. The molecule has 1 aromatic heterocycles. The maximum absolute atomic E-state index is 10.5. The van der Waals surface area contributed by atoms with Gasteiger partial charge in [-0.1, -0.05) is 11.6 Å². The minimum Gasteiger partial charge on any atom is -0.387 e. The van der Waals surface area contributed by atoms with E-state index in [2.05, 4.69) is 13.8 Å². The third-order valence-electron chi connectivity index (χ3n) is 3.41. The molecule has 96 valence electrons. The van der Waals surface area contributed by atoms with E-state index in [1.807, 2.05) is 26.0 Å². The van der Waals surface area contributed by atoms with Crippen LogP contribution in [0, 0.1) is 5.92 Å². The predicted molar refractivity (Wildman–Crippen MR) is 71.6 cm³/mol. The maximum Gasteiger partial charge on any atom is 0.0938 e. The van der Waals surface area contributed by atoms with Crippen LogP contribution in [0.4, 0.5) is 0 Å². The molecular weight excluding hydrogens is 256 g/mol. The van der Waals surface area contributed by atoms with Crippen LogP contribution in [0.5, 0.6) is 0 Å². The van der Waals surface area contributed by atoms with Crippen LogP contribution in [0.2, 0.25) is 4.34 Å². The van der Waals surface area contributed by atoms with E-state index in [1.54, 1.807) is 0 Å². The summed E-state index contributed by atoms with van der Waals surface area (Å²) in [6, 6.07) is 3.73. The molecule has 2 nitrogen and oxygen atoms in total. The van der Waals surface area contributed by atoms with Gasteiger partial charge >= 0.3 is 0 Å². The van der Waals surface area contributed by atoms with Gasteiger partial charge in [0.2, 0.25) is 0 Å². The minimum absolute atomic E-state index is 0.104. The predicted octanol–water partition coefficient (Wildman–Crippen LogP) is 4.03. The second-order valence-corrected chi connectivity index (χ2v) is 7.61. The lowest BCUT2D eigenvalue weighted by molar-refractivity contribution is -0.0877. The Morgan fingerprint density at radius 3 is 2.47 bits per heavy atom. The molecule has 17 heavy (non-hydrogen) atoms. The molecule has 0 aliphatic carbocycles. The molecule has 0 amide bonds. The Kier molecular flexibility index (Phi) is 3.32. The van der Waals surface area contributed by atoms with E-state index in [0.29, 0.717) is 0 Å². The Bertz CT molecular complexity index is 411. The van der Waals surface area contributed by atoms with E-state index >= 15 is 0 Å². The summed E-state index contributed by atoms with van der Waals surface area (Å²) in [5, 5.41) is 10.5. The highest BCUT2D eigenvalue weighted by atomic mass is 35.5. The molecule has 1 fully saturated rings. The van der Waals surface area contributed by atoms with Gasteiger partial charge in [-0.3, -0.25) is 0 Å². The molecule has 0 saturated carbocycles. The number of rotatable bonds is 2. The van der Waals surface area contributed by atoms with Crippen LogP contribution in [-0.4, -0.2) is 16.3 Å². The standard InChI is InChI=1S/C13H19ClO2S/c1-12(2)7-8(13(3,4)16-12)11(15)9-5-6-10(14)17-9/h5-6,8,11,15H,7H2,1-4H3. The van der Waals surface area contributed by atoms with E-state index in [9.17, 15) is 5.11 Å². The number of hydrogen-bond donors (Lipinski definition) is 1. The van der Waals surface area contributed by atoms with Gasteiger partial charge in [-0.05, 0) is 46.2 Å². The second-order valence-electron chi connectivity index (χ2n) is 5.86. The molecule has 2 unspecified atom stereocenters. The van der Waals surface area contributed by atoms with Crippen LogP contribution < -0.4 is 0 Å². The summed E-state index contributed by atoms with van der Waals surface area (Å²) < 4.78 is 6.73. The highest BCUT2D eigenvalue weighted by molar-refractivity contribution is 7.16. The Hall–Kier alpha value is -0.0900. The van der Waals surface area contributed by atoms with E-state index in [4.69, 9.17) is 16.3 Å². The van der Waals surface area contributed by atoms with Gasteiger partial charge in [-0.2, -0.15) is 0 Å². The van der Waals surface area contributed by atoms with Crippen LogP contribution in [-0.2, 0) is 4.74 Å². The summed E-state index contributed by atoms with van der Waals surface area (Å²) >= 11 is 7.36. The van der Waals surface area contributed by atoms with Gasteiger partial charge in [0.05, 0.1) is 21.6 Å². The van der Waals surface area contributed by atoms with Gasteiger partial charge in [0, 0.05) is 10.8 Å². The molecular formula is C13H19ClO2S. The largest absolute Gasteiger partial charge is 0.387 e. The Morgan fingerprint density at radius 2 is 2.06 bits per heavy atom. The average Bonchev–Trinajstić information content (AvgIpc) is 2.66. The summed E-state index contributed by atoms with van der Waals surface area (Å²) in [7, 11) is 0. The quantitative estimate of drug-likeness (QED) is 0.882. The molecule has 1 aromatic rings. The first kappa shape index (κ1) is 13.3. The maximum atomic E-state index is 10.5. The van der Waals surface area contributed by atoms with Crippen LogP contribution in [0.15, 0.2) is 12.1 Å². The van der Waals surface area contributed by atoms with Gasteiger partial charge in [0.25, 0.3) is 0 Å². The van der Waals surface area contributed by atoms with E-state index < -0.39 is 6.10 Å². The van der Waals surface area contributed by atoms with Crippen LogP contribution in [0.25, 0.3) is 0 Å². The normalized spacial score (nSPS) is 28.2. The summed E-state index contributed by atoms with van der Waals surface area (Å²) in [4.78, 5) is 0.925. The third-order valence-corrected chi connectivity index (χ3v) is 4.71. The third kappa shape index (κ3) is 2.68. The van der Waals surface area contributed by atoms with Crippen molar-refractivity contribution >= 4 is 22.9 Å². The highest BCUT2D eigenvalue weighted by Crippen LogP contribution is 2.48. The van der Waals surface area contributed by atoms with Gasteiger partial charge in [0.1, 0.15) is 0 Å². The van der Waals surface area contributed by atoms with Gasteiger partial charge < -0.3 is 9.84 Å². The van der Waals surface area contributed by atoms with E-state index in [1.165, 1.54) is 11.3 Å².